The van der Waals surface area contributed by atoms with Gasteiger partial charge in [-0.15, -0.1) is 0 Å². The molecule has 2 aromatic carbocycles. The highest BCUT2D eigenvalue weighted by Gasteiger charge is 2.18. The Bertz CT molecular complexity index is 935. The summed E-state index contributed by atoms with van der Waals surface area (Å²) in [6.07, 6.45) is 0. The third-order valence-corrected chi connectivity index (χ3v) is 5.84. The van der Waals surface area contributed by atoms with Crippen LogP contribution in [0.5, 0.6) is 0 Å². The molecule has 0 unspecified atom stereocenters. The first-order chi connectivity index (χ1) is 10.5. The number of para-hydroxylation sites is 2. The van der Waals surface area contributed by atoms with Crippen molar-refractivity contribution in [1.82, 2.24) is 14.3 Å². The molecular formula is C15H14BrN3O2S. The molecule has 1 N–H and O–H groups in total. The fourth-order valence-electron chi connectivity index (χ4n) is 2.25. The van der Waals surface area contributed by atoms with E-state index in [-0.39, 0.29) is 11.4 Å². The summed E-state index contributed by atoms with van der Waals surface area (Å²) < 4.78 is 29.8. The zero-order chi connectivity index (χ0) is 15.7. The zero-order valence-corrected chi connectivity index (χ0v) is 14.2. The number of benzene rings is 2. The second-order valence-corrected chi connectivity index (χ2v) is 7.42. The summed E-state index contributed by atoms with van der Waals surface area (Å²) in [5, 5.41) is 0. The molecule has 0 atom stereocenters. The Morgan fingerprint density at radius 1 is 1.14 bits per heavy atom. The van der Waals surface area contributed by atoms with Gasteiger partial charge in [0.1, 0.15) is 5.82 Å². The maximum absolute atomic E-state index is 12.4. The molecule has 5 nitrogen and oxygen atoms in total. The molecular weight excluding hydrogens is 366 g/mol. The molecule has 0 spiro atoms. The van der Waals surface area contributed by atoms with E-state index in [4.69, 9.17) is 0 Å². The van der Waals surface area contributed by atoms with Crippen LogP contribution in [0.1, 0.15) is 5.82 Å². The number of hydrogen-bond donors (Lipinski definition) is 1. The minimum atomic E-state index is -3.59. The normalized spacial score (nSPS) is 11.9. The van der Waals surface area contributed by atoms with Crippen molar-refractivity contribution < 1.29 is 8.42 Å². The Balaban J connectivity index is 1.88. The molecule has 0 aliphatic heterocycles. The summed E-state index contributed by atoms with van der Waals surface area (Å²) in [4.78, 5) is 4.67. The van der Waals surface area contributed by atoms with Gasteiger partial charge in [0.2, 0.25) is 10.0 Å². The van der Waals surface area contributed by atoms with Gasteiger partial charge in [-0.25, -0.2) is 18.1 Å². The van der Waals surface area contributed by atoms with Crippen LogP contribution in [-0.4, -0.2) is 18.0 Å². The van der Waals surface area contributed by atoms with Gasteiger partial charge in [-0.2, -0.15) is 0 Å². The van der Waals surface area contributed by atoms with E-state index >= 15 is 0 Å². The number of aromatic nitrogens is 2. The smallest absolute Gasteiger partial charge is 0.242 e. The van der Waals surface area contributed by atoms with E-state index in [1.807, 2.05) is 35.9 Å². The first-order valence-corrected chi connectivity index (χ1v) is 8.91. The predicted octanol–water partition coefficient (Wildman–Crippen LogP) is 2.81. The maximum Gasteiger partial charge on any atom is 0.242 e. The van der Waals surface area contributed by atoms with Crippen molar-refractivity contribution in [3.63, 3.8) is 0 Å². The second-order valence-electron chi connectivity index (χ2n) is 4.83. The van der Waals surface area contributed by atoms with Crippen molar-refractivity contribution in [2.45, 2.75) is 11.4 Å². The molecule has 0 saturated carbocycles. The highest BCUT2D eigenvalue weighted by molar-refractivity contribution is 9.10. The summed E-state index contributed by atoms with van der Waals surface area (Å²) in [5.41, 5.74) is 1.82. The Morgan fingerprint density at radius 2 is 1.82 bits per heavy atom. The Labute approximate surface area is 137 Å². The molecule has 3 aromatic rings. The van der Waals surface area contributed by atoms with Gasteiger partial charge in [0.05, 0.1) is 22.5 Å². The number of halogens is 1. The average molecular weight is 380 g/mol. The summed E-state index contributed by atoms with van der Waals surface area (Å²) in [5.74, 6) is 0.664. The molecule has 22 heavy (non-hydrogen) atoms. The SMILES string of the molecule is Cn1c(CNS(=O)(=O)c2ccccc2Br)nc2ccccc21. The Hall–Kier alpha value is -1.70. The van der Waals surface area contributed by atoms with E-state index in [1.54, 1.807) is 24.3 Å². The van der Waals surface area contributed by atoms with Gasteiger partial charge in [0.25, 0.3) is 0 Å². The van der Waals surface area contributed by atoms with Crippen LogP contribution in [0.25, 0.3) is 11.0 Å². The fraction of sp³-hybridized carbons (Fsp3) is 0.133. The van der Waals surface area contributed by atoms with Crippen LogP contribution < -0.4 is 4.72 Å². The van der Waals surface area contributed by atoms with Crippen LogP contribution in [0.4, 0.5) is 0 Å². The molecule has 7 heteroatoms. The molecule has 1 aromatic heterocycles. The van der Waals surface area contributed by atoms with Crippen molar-refractivity contribution in [1.29, 1.82) is 0 Å². The van der Waals surface area contributed by atoms with Gasteiger partial charge < -0.3 is 4.57 Å². The molecule has 0 radical (unpaired) electrons. The van der Waals surface area contributed by atoms with Crippen molar-refractivity contribution in [3.05, 3.63) is 58.8 Å². The number of hydrogen-bond acceptors (Lipinski definition) is 3. The number of imidazole rings is 1. The second kappa shape index (κ2) is 5.83. The van der Waals surface area contributed by atoms with Gasteiger partial charge in [-0.05, 0) is 40.2 Å². The van der Waals surface area contributed by atoms with E-state index in [0.717, 1.165) is 11.0 Å². The fourth-order valence-corrected chi connectivity index (χ4v) is 4.23. The van der Waals surface area contributed by atoms with E-state index < -0.39 is 10.0 Å². The van der Waals surface area contributed by atoms with E-state index in [9.17, 15) is 8.42 Å². The van der Waals surface area contributed by atoms with Gasteiger partial charge in [-0.1, -0.05) is 24.3 Å². The molecule has 1 heterocycles. The minimum Gasteiger partial charge on any atom is -0.330 e. The van der Waals surface area contributed by atoms with Crippen LogP contribution in [0, 0.1) is 0 Å². The Kier molecular flexibility index (Phi) is 4.03. The van der Waals surface area contributed by atoms with Crippen LogP contribution >= 0.6 is 15.9 Å². The third-order valence-electron chi connectivity index (χ3n) is 3.43. The molecule has 0 saturated heterocycles. The van der Waals surface area contributed by atoms with Crippen molar-refractivity contribution >= 4 is 37.0 Å². The average Bonchev–Trinajstić information content (AvgIpc) is 2.83. The van der Waals surface area contributed by atoms with E-state index in [1.165, 1.54) is 0 Å². The highest BCUT2D eigenvalue weighted by Crippen LogP contribution is 2.21. The van der Waals surface area contributed by atoms with Crippen LogP contribution in [0.15, 0.2) is 57.9 Å². The molecule has 114 valence electrons. The van der Waals surface area contributed by atoms with Gasteiger partial charge >= 0.3 is 0 Å². The molecule has 0 aliphatic rings. The first-order valence-electron chi connectivity index (χ1n) is 6.63. The van der Waals surface area contributed by atoms with Crippen molar-refractivity contribution in [3.8, 4) is 0 Å². The topological polar surface area (TPSA) is 64.0 Å². The number of sulfonamides is 1. The molecule has 0 aliphatic carbocycles. The quantitative estimate of drug-likeness (QED) is 0.757. The molecule has 3 rings (SSSR count). The minimum absolute atomic E-state index is 0.134. The van der Waals surface area contributed by atoms with Crippen LogP contribution in [-0.2, 0) is 23.6 Å². The molecule has 0 fully saturated rings. The van der Waals surface area contributed by atoms with Crippen LogP contribution in [0.2, 0.25) is 0 Å². The number of fused-ring (bicyclic) bond motifs is 1. The lowest BCUT2D eigenvalue weighted by atomic mass is 10.3. The largest absolute Gasteiger partial charge is 0.330 e. The summed E-state index contributed by atoms with van der Waals surface area (Å²) in [6, 6.07) is 14.4. The maximum atomic E-state index is 12.4. The van der Waals surface area contributed by atoms with Crippen molar-refractivity contribution in [2.24, 2.45) is 7.05 Å². The highest BCUT2D eigenvalue weighted by atomic mass is 79.9. The standard InChI is InChI=1S/C15H14BrN3O2S/c1-19-13-8-4-3-7-12(13)18-15(19)10-17-22(20,21)14-9-5-2-6-11(14)16/h2-9,17H,10H2,1H3. The first kappa shape index (κ1) is 15.2. The molecule has 0 bridgehead atoms. The van der Waals surface area contributed by atoms with Crippen LogP contribution in [0.3, 0.4) is 0 Å². The van der Waals surface area contributed by atoms with Gasteiger partial charge in [0.15, 0.2) is 0 Å². The van der Waals surface area contributed by atoms with E-state index in [0.29, 0.717) is 10.3 Å². The Morgan fingerprint density at radius 3 is 2.55 bits per heavy atom. The number of rotatable bonds is 4. The van der Waals surface area contributed by atoms with E-state index in [2.05, 4.69) is 25.6 Å². The van der Waals surface area contributed by atoms with Crippen molar-refractivity contribution in [2.75, 3.05) is 0 Å². The third kappa shape index (κ3) is 2.79. The lowest BCUT2D eigenvalue weighted by molar-refractivity contribution is 0.577. The van der Waals surface area contributed by atoms with Gasteiger partial charge in [0, 0.05) is 11.5 Å². The zero-order valence-electron chi connectivity index (χ0n) is 11.8. The summed E-state index contributed by atoms with van der Waals surface area (Å²) in [6.45, 7) is 0.134. The lowest BCUT2D eigenvalue weighted by Crippen LogP contribution is -2.25. The predicted molar refractivity (Wildman–Crippen MR) is 88.9 cm³/mol. The number of nitrogens with zero attached hydrogens (tertiary/aromatic N) is 2. The monoisotopic (exact) mass is 379 g/mol. The molecule has 0 amide bonds. The number of nitrogens with one attached hydrogen (secondary N) is 1. The lowest BCUT2D eigenvalue weighted by Gasteiger charge is -2.08. The van der Waals surface area contributed by atoms with Gasteiger partial charge in [-0.3, -0.25) is 0 Å². The summed E-state index contributed by atoms with van der Waals surface area (Å²) in [7, 11) is -1.72. The number of aryl methyl sites for hydroxylation is 1. The summed E-state index contributed by atoms with van der Waals surface area (Å²) >= 11 is 3.26.